The van der Waals surface area contributed by atoms with E-state index in [9.17, 15) is 4.79 Å². The number of ketones is 1. The maximum atomic E-state index is 12.6. The molecule has 0 fully saturated rings. The number of aromatic nitrogens is 3. The molecule has 7 heteroatoms. The van der Waals surface area contributed by atoms with Crippen LogP contribution in [0.5, 0.6) is 0 Å². The molecule has 2 aromatic heterocycles. The van der Waals surface area contributed by atoms with Crippen LogP contribution in [0.1, 0.15) is 21.6 Å². The summed E-state index contributed by atoms with van der Waals surface area (Å²) in [5.41, 5.74) is 3.08. The van der Waals surface area contributed by atoms with Crippen LogP contribution < -0.4 is 4.90 Å². The molecule has 0 saturated carbocycles. The van der Waals surface area contributed by atoms with Gasteiger partial charge in [0.15, 0.2) is 5.78 Å². The van der Waals surface area contributed by atoms with E-state index in [-0.39, 0.29) is 12.2 Å². The van der Waals surface area contributed by atoms with E-state index in [1.165, 1.54) is 12.5 Å². The van der Waals surface area contributed by atoms with Gasteiger partial charge in [-0.05, 0) is 30.3 Å². The normalized spacial score (nSPS) is 10.2. The van der Waals surface area contributed by atoms with Crippen LogP contribution in [0.2, 0.25) is 5.02 Å². The van der Waals surface area contributed by atoms with Gasteiger partial charge < -0.3 is 4.90 Å². The second kappa shape index (κ2) is 7.72. The average molecular weight is 364 g/mol. The summed E-state index contributed by atoms with van der Waals surface area (Å²) in [5, 5.41) is 9.27. The molecule has 3 aromatic rings. The second-order valence-electron chi connectivity index (χ2n) is 5.60. The number of hydrogen-bond donors (Lipinski definition) is 0. The van der Waals surface area contributed by atoms with Gasteiger partial charge in [0, 0.05) is 35.2 Å². The van der Waals surface area contributed by atoms with Crippen LogP contribution in [0.3, 0.4) is 0 Å². The minimum Gasteiger partial charge on any atom is -0.342 e. The molecule has 0 aliphatic heterocycles. The molecular formula is C19H14ClN5O. The zero-order chi connectivity index (χ0) is 18.5. The highest BCUT2D eigenvalue weighted by molar-refractivity contribution is 6.31. The Morgan fingerprint density at radius 1 is 1.15 bits per heavy atom. The number of pyridine rings is 1. The SMILES string of the molecule is CN(c1cncnc1)c1cc(Cl)cc(C(=O)Cc2ccc(C#N)cn2)c1. The van der Waals surface area contributed by atoms with Gasteiger partial charge in [-0.15, -0.1) is 0 Å². The molecule has 2 heterocycles. The molecule has 1 aromatic carbocycles. The first-order chi connectivity index (χ1) is 12.6. The lowest BCUT2D eigenvalue weighted by atomic mass is 10.0. The largest absolute Gasteiger partial charge is 0.342 e. The molecule has 128 valence electrons. The number of benzene rings is 1. The fraction of sp³-hybridized carbons (Fsp3) is 0.105. The van der Waals surface area contributed by atoms with E-state index in [1.54, 1.807) is 42.7 Å². The standard InChI is InChI=1S/C19H14ClN5O/c1-25(18-10-22-12-23-11-18)17-5-14(4-15(20)6-17)19(26)7-16-3-2-13(8-21)9-24-16/h2-6,9-12H,7H2,1H3. The third-order valence-electron chi connectivity index (χ3n) is 3.82. The Morgan fingerprint density at radius 3 is 2.58 bits per heavy atom. The van der Waals surface area contributed by atoms with Crippen molar-refractivity contribution in [1.29, 1.82) is 5.26 Å². The lowest BCUT2D eigenvalue weighted by molar-refractivity contribution is 0.0992. The summed E-state index contributed by atoms with van der Waals surface area (Å²) in [6.45, 7) is 0. The smallest absolute Gasteiger partial charge is 0.168 e. The Morgan fingerprint density at radius 2 is 1.92 bits per heavy atom. The minimum atomic E-state index is -0.108. The molecule has 0 N–H and O–H groups in total. The second-order valence-corrected chi connectivity index (χ2v) is 6.04. The van der Waals surface area contributed by atoms with Gasteiger partial charge in [0.1, 0.15) is 12.4 Å². The van der Waals surface area contributed by atoms with Crippen molar-refractivity contribution in [2.45, 2.75) is 6.42 Å². The molecule has 6 nitrogen and oxygen atoms in total. The van der Waals surface area contributed by atoms with Crippen LogP contribution in [0, 0.1) is 11.3 Å². The number of nitrogens with zero attached hydrogens (tertiary/aromatic N) is 5. The fourth-order valence-corrected chi connectivity index (χ4v) is 2.63. The highest BCUT2D eigenvalue weighted by Gasteiger charge is 2.13. The summed E-state index contributed by atoms with van der Waals surface area (Å²) in [6, 6.07) is 10.5. The van der Waals surface area contributed by atoms with E-state index in [0.29, 0.717) is 21.8 Å². The summed E-state index contributed by atoms with van der Waals surface area (Å²) in [6.07, 6.45) is 6.39. The first-order valence-corrected chi connectivity index (χ1v) is 8.12. The molecule has 3 rings (SSSR count). The molecule has 0 bridgehead atoms. The van der Waals surface area contributed by atoms with Crippen LogP contribution in [0.25, 0.3) is 0 Å². The Kier molecular flexibility index (Phi) is 5.20. The molecular weight excluding hydrogens is 350 g/mol. The average Bonchev–Trinajstić information content (AvgIpc) is 2.68. The van der Waals surface area contributed by atoms with Gasteiger partial charge in [-0.25, -0.2) is 9.97 Å². The summed E-state index contributed by atoms with van der Waals surface area (Å²) in [7, 11) is 1.85. The van der Waals surface area contributed by atoms with Gasteiger partial charge in [0.25, 0.3) is 0 Å². The van der Waals surface area contributed by atoms with Crippen molar-refractivity contribution in [2.75, 3.05) is 11.9 Å². The predicted octanol–water partition coefficient (Wildman–Crippen LogP) is 3.59. The molecule has 0 saturated heterocycles. The van der Waals surface area contributed by atoms with Crippen molar-refractivity contribution in [3.63, 3.8) is 0 Å². The lowest BCUT2D eigenvalue weighted by Crippen LogP contribution is -2.12. The van der Waals surface area contributed by atoms with Gasteiger partial charge in [-0.2, -0.15) is 5.26 Å². The maximum absolute atomic E-state index is 12.6. The lowest BCUT2D eigenvalue weighted by Gasteiger charge is -2.19. The highest BCUT2D eigenvalue weighted by Crippen LogP contribution is 2.27. The van der Waals surface area contributed by atoms with E-state index in [2.05, 4.69) is 15.0 Å². The Hall–Kier alpha value is -3.30. The van der Waals surface area contributed by atoms with Crippen LogP contribution in [-0.4, -0.2) is 27.8 Å². The third kappa shape index (κ3) is 4.02. The van der Waals surface area contributed by atoms with Crippen LogP contribution in [0.4, 0.5) is 11.4 Å². The Balaban J connectivity index is 1.84. The number of anilines is 2. The summed E-state index contributed by atoms with van der Waals surface area (Å²) in [5.74, 6) is -0.108. The van der Waals surface area contributed by atoms with E-state index in [0.717, 1.165) is 11.4 Å². The topological polar surface area (TPSA) is 82.8 Å². The molecule has 0 atom stereocenters. The van der Waals surface area contributed by atoms with Crippen molar-refractivity contribution in [3.8, 4) is 6.07 Å². The van der Waals surface area contributed by atoms with Crippen LogP contribution in [0.15, 0.2) is 55.2 Å². The van der Waals surface area contributed by atoms with E-state index in [4.69, 9.17) is 16.9 Å². The number of rotatable bonds is 5. The molecule has 0 aliphatic carbocycles. The molecule has 0 spiro atoms. The predicted molar refractivity (Wildman–Crippen MR) is 98.5 cm³/mol. The fourth-order valence-electron chi connectivity index (χ4n) is 2.40. The number of nitriles is 1. The van der Waals surface area contributed by atoms with E-state index < -0.39 is 0 Å². The number of hydrogen-bond acceptors (Lipinski definition) is 6. The van der Waals surface area contributed by atoms with Crippen LogP contribution in [-0.2, 0) is 6.42 Å². The minimum absolute atomic E-state index is 0.108. The maximum Gasteiger partial charge on any atom is 0.168 e. The highest BCUT2D eigenvalue weighted by atomic mass is 35.5. The summed E-state index contributed by atoms with van der Waals surface area (Å²) in [4.78, 5) is 26.6. The van der Waals surface area contributed by atoms with Crippen molar-refractivity contribution >= 4 is 28.8 Å². The monoisotopic (exact) mass is 363 g/mol. The quantitative estimate of drug-likeness (QED) is 0.644. The van der Waals surface area contributed by atoms with Crippen LogP contribution >= 0.6 is 11.6 Å². The molecule has 0 unspecified atom stereocenters. The van der Waals surface area contributed by atoms with Crippen molar-refractivity contribution in [3.05, 3.63) is 77.1 Å². The number of carbonyl (C=O) groups excluding carboxylic acids is 1. The van der Waals surface area contributed by atoms with Gasteiger partial charge in [-0.1, -0.05) is 11.6 Å². The Bertz CT molecular complexity index is 967. The van der Waals surface area contributed by atoms with Gasteiger partial charge >= 0.3 is 0 Å². The molecule has 0 amide bonds. The molecule has 0 radical (unpaired) electrons. The first kappa shape index (κ1) is 17.5. The van der Waals surface area contributed by atoms with Crippen molar-refractivity contribution in [1.82, 2.24) is 15.0 Å². The van der Waals surface area contributed by atoms with Gasteiger partial charge in [-0.3, -0.25) is 9.78 Å². The van der Waals surface area contributed by atoms with E-state index in [1.807, 2.05) is 18.0 Å². The molecule has 0 aliphatic rings. The van der Waals surface area contributed by atoms with Crippen molar-refractivity contribution in [2.24, 2.45) is 0 Å². The number of carbonyl (C=O) groups is 1. The Labute approximate surface area is 155 Å². The molecule has 26 heavy (non-hydrogen) atoms. The first-order valence-electron chi connectivity index (χ1n) is 7.74. The summed E-state index contributed by atoms with van der Waals surface area (Å²) >= 11 is 6.21. The number of halogens is 1. The number of Topliss-reactive ketones (excluding diaryl/α,β-unsaturated/α-hetero) is 1. The zero-order valence-electron chi connectivity index (χ0n) is 13.9. The van der Waals surface area contributed by atoms with Crippen molar-refractivity contribution < 1.29 is 4.79 Å². The summed E-state index contributed by atoms with van der Waals surface area (Å²) < 4.78 is 0. The zero-order valence-corrected chi connectivity index (χ0v) is 14.7. The van der Waals surface area contributed by atoms with Gasteiger partial charge in [0.05, 0.1) is 30.1 Å². The van der Waals surface area contributed by atoms with E-state index >= 15 is 0 Å². The third-order valence-corrected chi connectivity index (χ3v) is 4.04. The van der Waals surface area contributed by atoms with Gasteiger partial charge in [0.2, 0.25) is 0 Å².